The predicted octanol–water partition coefficient (Wildman–Crippen LogP) is 2.91. The van der Waals surface area contributed by atoms with Crippen LogP contribution in [0.25, 0.3) is 0 Å². The number of carbonyl (C=O) groups is 1. The van der Waals surface area contributed by atoms with Crippen LogP contribution in [0.4, 0.5) is 0 Å². The normalized spacial score (nSPS) is 16.6. The number of rotatable bonds is 6. The largest absolute Gasteiger partial charge is 0.335 e. The summed E-state index contributed by atoms with van der Waals surface area (Å²) in [5.74, 6) is -0.0968. The molecule has 2 N–H and O–H groups in total. The molecule has 23 heavy (non-hydrogen) atoms. The van der Waals surface area contributed by atoms with Crippen LogP contribution in [-0.4, -0.2) is 21.8 Å². The molecule has 1 aromatic heterocycles. The van der Waals surface area contributed by atoms with Crippen molar-refractivity contribution in [3.63, 3.8) is 0 Å². The van der Waals surface area contributed by atoms with Crippen LogP contribution in [0, 0.1) is 5.92 Å². The lowest BCUT2D eigenvalue weighted by Crippen LogP contribution is -2.40. The second kappa shape index (κ2) is 6.92. The van der Waals surface area contributed by atoms with E-state index in [0.29, 0.717) is 12.6 Å². The van der Waals surface area contributed by atoms with Gasteiger partial charge in [0.15, 0.2) is 0 Å². The van der Waals surface area contributed by atoms with Gasteiger partial charge >= 0.3 is 0 Å². The summed E-state index contributed by atoms with van der Waals surface area (Å²) in [4.78, 5) is 19.0. The molecule has 0 saturated heterocycles. The Morgan fingerprint density at radius 3 is 2.48 bits per heavy atom. The van der Waals surface area contributed by atoms with Gasteiger partial charge in [-0.25, -0.2) is 0 Å². The van der Waals surface area contributed by atoms with Crippen LogP contribution in [0.2, 0.25) is 0 Å². The van der Waals surface area contributed by atoms with Gasteiger partial charge in [0.05, 0.1) is 5.92 Å². The highest BCUT2D eigenvalue weighted by atomic mass is 16.2. The zero-order valence-electron chi connectivity index (χ0n) is 13.4. The molecule has 1 fully saturated rings. The number of benzene rings is 1. The highest BCUT2D eigenvalue weighted by Gasteiger charge is 2.36. The van der Waals surface area contributed by atoms with Crippen molar-refractivity contribution in [3.05, 3.63) is 66.0 Å². The van der Waals surface area contributed by atoms with Crippen LogP contribution in [0.3, 0.4) is 0 Å². The highest BCUT2D eigenvalue weighted by molar-refractivity contribution is 5.80. The Hall–Kier alpha value is -2.20. The minimum Gasteiger partial charge on any atom is -0.335 e. The van der Waals surface area contributed by atoms with Crippen LogP contribution in [0.1, 0.15) is 36.9 Å². The van der Waals surface area contributed by atoms with Gasteiger partial charge in [0.25, 0.3) is 0 Å². The molecule has 2 aromatic rings. The average molecular weight is 309 g/mol. The number of carbonyl (C=O) groups excluding carboxylic acids is 1. The van der Waals surface area contributed by atoms with Gasteiger partial charge in [-0.2, -0.15) is 0 Å². The molecule has 0 bridgehead atoms. The number of nitrogens with two attached hydrogens (primary N) is 1. The van der Waals surface area contributed by atoms with Crippen LogP contribution in [0.5, 0.6) is 0 Å². The molecule has 1 saturated carbocycles. The zero-order valence-corrected chi connectivity index (χ0v) is 13.4. The van der Waals surface area contributed by atoms with Gasteiger partial charge in [-0.1, -0.05) is 37.3 Å². The Morgan fingerprint density at radius 1 is 1.22 bits per heavy atom. The van der Waals surface area contributed by atoms with E-state index in [4.69, 9.17) is 5.73 Å². The van der Waals surface area contributed by atoms with Crippen molar-refractivity contribution in [1.82, 2.24) is 9.88 Å². The molecule has 0 aliphatic heterocycles. The zero-order chi connectivity index (χ0) is 16.2. The lowest BCUT2D eigenvalue weighted by atomic mass is 9.94. The molecule has 1 aliphatic rings. The van der Waals surface area contributed by atoms with E-state index >= 15 is 0 Å². The molecule has 2 unspecified atom stereocenters. The Balaban J connectivity index is 1.73. The summed E-state index contributed by atoms with van der Waals surface area (Å²) in [6.45, 7) is 2.57. The van der Waals surface area contributed by atoms with Crippen molar-refractivity contribution >= 4 is 5.91 Å². The van der Waals surface area contributed by atoms with Crippen LogP contribution in [-0.2, 0) is 11.3 Å². The summed E-state index contributed by atoms with van der Waals surface area (Å²) in [5, 5.41) is 0. The summed E-state index contributed by atoms with van der Waals surface area (Å²) in [5.41, 5.74) is 8.45. The Bertz CT molecular complexity index is 640. The minimum absolute atomic E-state index is 0.140. The van der Waals surface area contributed by atoms with Crippen LogP contribution >= 0.6 is 0 Å². The Labute approximate surface area is 137 Å². The molecule has 2 atom stereocenters. The predicted molar refractivity (Wildman–Crippen MR) is 90.3 cm³/mol. The minimum atomic E-state index is -0.276. The molecule has 1 heterocycles. The molecule has 120 valence electrons. The van der Waals surface area contributed by atoms with Crippen LogP contribution < -0.4 is 5.73 Å². The quantitative estimate of drug-likeness (QED) is 0.892. The van der Waals surface area contributed by atoms with Gasteiger partial charge in [-0.05, 0) is 36.1 Å². The average Bonchev–Trinajstić information content (AvgIpc) is 3.44. The SMILES string of the molecule is CC(C(=O)N(Cc1ccncc1)C1CC1)C(N)c1ccccc1. The topological polar surface area (TPSA) is 59.2 Å². The maximum Gasteiger partial charge on any atom is 0.227 e. The van der Waals surface area contributed by atoms with E-state index in [1.165, 1.54) is 0 Å². The third-order valence-corrected chi connectivity index (χ3v) is 4.49. The number of hydrogen-bond donors (Lipinski definition) is 1. The van der Waals surface area contributed by atoms with Gasteiger partial charge in [0.1, 0.15) is 0 Å². The summed E-state index contributed by atoms with van der Waals surface area (Å²) in [6.07, 6.45) is 5.71. The first kappa shape index (κ1) is 15.7. The Kier molecular flexibility index (Phi) is 4.72. The van der Waals surface area contributed by atoms with E-state index < -0.39 is 0 Å². The maximum absolute atomic E-state index is 13.0. The van der Waals surface area contributed by atoms with Gasteiger partial charge < -0.3 is 10.6 Å². The van der Waals surface area contributed by atoms with Crippen molar-refractivity contribution in [2.24, 2.45) is 11.7 Å². The second-order valence-electron chi connectivity index (χ2n) is 6.28. The molecule has 4 nitrogen and oxygen atoms in total. The molecular weight excluding hydrogens is 286 g/mol. The fraction of sp³-hybridized carbons (Fsp3) is 0.368. The van der Waals surface area contributed by atoms with Crippen molar-refractivity contribution < 1.29 is 4.79 Å². The first-order chi connectivity index (χ1) is 11.2. The van der Waals surface area contributed by atoms with Gasteiger partial charge in [0.2, 0.25) is 5.91 Å². The van der Waals surface area contributed by atoms with Crippen molar-refractivity contribution in [2.75, 3.05) is 0 Å². The van der Waals surface area contributed by atoms with Gasteiger partial charge in [-0.3, -0.25) is 9.78 Å². The third kappa shape index (κ3) is 3.77. The molecule has 1 amide bonds. The van der Waals surface area contributed by atoms with Crippen molar-refractivity contribution in [1.29, 1.82) is 0 Å². The van der Waals surface area contributed by atoms with E-state index in [9.17, 15) is 4.79 Å². The summed E-state index contributed by atoms with van der Waals surface area (Å²) in [7, 11) is 0. The summed E-state index contributed by atoms with van der Waals surface area (Å²) in [6, 6.07) is 13.9. The second-order valence-corrected chi connectivity index (χ2v) is 6.28. The summed E-state index contributed by atoms with van der Waals surface area (Å²) < 4.78 is 0. The Morgan fingerprint density at radius 2 is 1.87 bits per heavy atom. The fourth-order valence-electron chi connectivity index (χ4n) is 2.84. The third-order valence-electron chi connectivity index (χ3n) is 4.49. The van der Waals surface area contributed by atoms with E-state index in [1.54, 1.807) is 12.4 Å². The molecule has 1 aliphatic carbocycles. The number of pyridine rings is 1. The number of amides is 1. The molecule has 0 radical (unpaired) electrons. The number of nitrogens with zero attached hydrogens (tertiary/aromatic N) is 2. The monoisotopic (exact) mass is 309 g/mol. The number of hydrogen-bond acceptors (Lipinski definition) is 3. The van der Waals surface area contributed by atoms with Crippen molar-refractivity contribution in [2.45, 2.75) is 38.4 Å². The smallest absolute Gasteiger partial charge is 0.227 e. The van der Waals surface area contributed by atoms with E-state index in [-0.39, 0.29) is 17.9 Å². The maximum atomic E-state index is 13.0. The van der Waals surface area contributed by atoms with Gasteiger partial charge in [-0.15, -0.1) is 0 Å². The lowest BCUT2D eigenvalue weighted by molar-refractivity contribution is -0.137. The van der Waals surface area contributed by atoms with Crippen molar-refractivity contribution in [3.8, 4) is 0 Å². The lowest BCUT2D eigenvalue weighted by Gasteiger charge is -2.29. The van der Waals surface area contributed by atoms with E-state index in [0.717, 1.165) is 24.0 Å². The molecule has 0 spiro atoms. The molecule has 4 heteroatoms. The first-order valence-electron chi connectivity index (χ1n) is 8.16. The highest BCUT2D eigenvalue weighted by Crippen LogP contribution is 2.31. The summed E-state index contributed by atoms with van der Waals surface area (Å²) >= 11 is 0. The van der Waals surface area contributed by atoms with E-state index in [2.05, 4.69) is 4.98 Å². The fourth-order valence-corrected chi connectivity index (χ4v) is 2.84. The first-order valence-corrected chi connectivity index (χ1v) is 8.16. The molecule has 3 rings (SSSR count). The molecule has 1 aromatic carbocycles. The number of aromatic nitrogens is 1. The standard InChI is InChI=1S/C19H23N3O/c1-14(18(20)16-5-3-2-4-6-16)19(23)22(17-7-8-17)13-15-9-11-21-12-10-15/h2-6,9-12,14,17-18H,7-8,13,20H2,1H3. The van der Waals surface area contributed by atoms with E-state index in [1.807, 2.05) is 54.3 Å². The van der Waals surface area contributed by atoms with Gasteiger partial charge in [0, 0.05) is 31.0 Å². The van der Waals surface area contributed by atoms with Crippen LogP contribution in [0.15, 0.2) is 54.9 Å². The molecular formula is C19H23N3O.